The third-order valence-corrected chi connectivity index (χ3v) is 3.19. The smallest absolute Gasteiger partial charge is 0.336 e. The highest BCUT2D eigenvalue weighted by atomic mass is 19.1. The molecule has 0 aliphatic carbocycles. The molecule has 5 nitrogen and oxygen atoms in total. The average Bonchev–Trinajstić information content (AvgIpc) is 3.01. The van der Waals surface area contributed by atoms with Crippen LogP contribution in [0.4, 0.5) is 4.39 Å². The summed E-state index contributed by atoms with van der Waals surface area (Å²) in [5.74, 6) is -1.74. The summed E-state index contributed by atoms with van der Waals surface area (Å²) in [4.78, 5) is 24.5. The molecule has 6 heteroatoms. The molecule has 1 unspecified atom stereocenters. The van der Waals surface area contributed by atoms with Crippen LogP contribution in [-0.4, -0.2) is 18.5 Å². The molecule has 0 spiro atoms. The number of benzene rings is 1. The molecule has 0 fully saturated rings. The molecule has 1 aromatic carbocycles. The van der Waals surface area contributed by atoms with Crippen molar-refractivity contribution in [1.82, 2.24) is 5.32 Å². The van der Waals surface area contributed by atoms with E-state index in [2.05, 4.69) is 5.32 Å². The number of amides is 1. The van der Waals surface area contributed by atoms with Crippen LogP contribution in [0.25, 0.3) is 0 Å². The number of carbonyl (C=O) groups excluding carboxylic acids is 2. The fourth-order valence-electron chi connectivity index (χ4n) is 2.01. The lowest BCUT2D eigenvalue weighted by atomic mass is 9.91. The van der Waals surface area contributed by atoms with Crippen molar-refractivity contribution in [2.75, 3.05) is 6.61 Å². The second-order valence-corrected chi connectivity index (χ2v) is 4.79. The van der Waals surface area contributed by atoms with Gasteiger partial charge in [-0.1, -0.05) is 12.1 Å². The summed E-state index contributed by atoms with van der Waals surface area (Å²) >= 11 is 0. The molecule has 0 aliphatic heterocycles. The normalized spacial score (nSPS) is 13.2. The van der Waals surface area contributed by atoms with Gasteiger partial charge < -0.3 is 14.5 Å². The van der Waals surface area contributed by atoms with Crippen LogP contribution in [0, 0.1) is 5.82 Å². The van der Waals surface area contributed by atoms with Crippen LogP contribution in [0.1, 0.15) is 30.0 Å². The van der Waals surface area contributed by atoms with Gasteiger partial charge in [-0.15, -0.1) is 0 Å². The molecule has 116 valence electrons. The van der Waals surface area contributed by atoms with Gasteiger partial charge in [-0.3, -0.25) is 4.79 Å². The molecule has 22 heavy (non-hydrogen) atoms. The number of halogens is 1. The predicted molar refractivity (Wildman–Crippen MR) is 76.6 cm³/mol. The second-order valence-electron chi connectivity index (χ2n) is 4.79. The molecule has 2 rings (SSSR count). The summed E-state index contributed by atoms with van der Waals surface area (Å²) in [7, 11) is 0. The van der Waals surface area contributed by atoms with Crippen LogP contribution in [-0.2, 0) is 15.1 Å². The van der Waals surface area contributed by atoms with E-state index >= 15 is 0 Å². The van der Waals surface area contributed by atoms with E-state index in [1.54, 1.807) is 19.1 Å². The maximum Gasteiger partial charge on any atom is 0.336 e. The van der Waals surface area contributed by atoms with E-state index in [1.807, 2.05) is 0 Å². The van der Waals surface area contributed by atoms with Crippen molar-refractivity contribution in [2.24, 2.45) is 0 Å². The number of nitrogens with one attached hydrogen (secondary N) is 1. The van der Waals surface area contributed by atoms with Gasteiger partial charge in [0.05, 0.1) is 12.9 Å². The summed E-state index contributed by atoms with van der Waals surface area (Å²) in [6.45, 7) is 3.25. The van der Waals surface area contributed by atoms with Crippen molar-refractivity contribution >= 4 is 11.9 Å². The van der Waals surface area contributed by atoms with Crippen LogP contribution in [0.5, 0.6) is 0 Å². The number of hydrogen-bond acceptors (Lipinski definition) is 4. The Kier molecular flexibility index (Phi) is 4.60. The van der Waals surface area contributed by atoms with Gasteiger partial charge in [0.15, 0.2) is 11.3 Å². The fourth-order valence-corrected chi connectivity index (χ4v) is 2.01. The van der Waals surface area contributed by atoms with Crippen molar-refractivity contribution in [3.05, 3.63) is 59.8 Å². The lowest BCUT2D eigenvalue weighted by Gasteiger charge is -2.28. The molecule has 1 heterocycles. The Hall–Kier alpha value is -2.63. The molecular weight excluding hydrogens is 289 g/mol. The zero-order valence-electron chi connectivity index (χ0n) is 12.3. The number of furan rings is 1. The molecule has 0 bridgehead atoms. The Morgan fingerprint density at radius 2 is 2.09 bits per heavy atom. The molecule has 1 aromatic heterocycles. The zero-order chi connectivity index (χ0) is 16.2. The summed E-state index contributed by atoms with van der Waals surface area (Å²) in [6.07, 6.45) is 1.35. The molecule has 1 atom stereocenters. The Bertz CT molecular complexity index is 669. The highest BCUT2D eigenvalue weighted by Gasteiger charge is 2.39. The second kappa shape index (κ2) is 6.43. The Morgan fingerprint density at radius 1 is 1.32 bits per heavy atom. The quantitative estimate of drug-likeness (QED) is 0.862. The van der Waals surface area contributed by atoms with Gasteiger partial charge in [-0.25, -0.2) is 9.18 Å². The maximum atomic E-state index is 13.5. The number of hydrogen-bond donors (Lipinski definition) is 1. The van der Waals surface area contributed by atoms with Crippen LogP contribution in [0.2, 0.25) is 0 Å². The van der Waals surface area contributed by atoms with Gasteiger partial charge in [-0.2, -0.15) is 0 Å². The van der Waals surface area contributed by atoms with E-state index in [4.69, 9.17) is 9.15 Å². The van der Waals surface area contributed by atoms with E-state index in [0.717, 1.165) is 0 Å². The monoisotopic (exact) mass is 305 g/mol. The Labute approximate surface area is 127 Å². The van der Waals surface area contributed by atoms with Crippen molar-refractivity contribution in [1.29, 1.82) is 0 Å². The molecule has 1 N–H and O–H groups in total. The van der Waals surface area contributed by atoms with Crippen molar-refractivity contribution in [3.63, 3.8) is 0 Å². The van der Waals surface area contributed by atoms with E-state index in [9.17, 15) is 14.0 Å². The lowest BCUT2D eigenvalue weighted by Crippen LogP contribution is -2.50. The van der Waals surface area contributed by atoms with Gasteiger partial charge in [0, 0.05) is 0 Å². The third-order valence-electron chi connectivity index (χ3n) is 3.19. The first-order chi connectivity index (χ1) is 10.5. The van der Waals surface area contributed by atoms with Crippen molar-refractivity contribution in [2.45, 2.75) is 19.4 Å². The zero-order valence-corrected chi connectivity index (χ0v) is 12.3. The van der Waals surface area contributed by atoms with E-state index in [-0.39, 0.29) is 17.9 Å². The third kappa shape index (κ3) is 3.16. The van der Waals surface area contributed by atoms with Gasteiger partial charge in [0.25, 0.3) is 5.91 Å². The Balaban J connectivity index is 2.37. The topological polar surface area (TPSA) is 68.5 Å². The lowest BCUT2D eigenvalue weighted by molar-refractivity contribution is -0.150. The number of ether oxygens (including phenoxy) is 1. The van der Waals surface area contributed by atoms with Crippen molar-refractivity contribution in [3.8, 4) is 0 Å². The summed E-state index contributed by atoms with van der Waals surface area (Å²) in [5, 5.41) is 2.55. The Morgan fingerprint density at radius 3 is 2.68 bits per heavy atom. The number of carbonyl (C=O) groups is 2. The predicted octanol–water partition coefficient (Wildman–Crippen LogP) is 2.63. The van der Waals surface area contributed by atoms with Crippen LogP contribution < -0.4 is 5.32 Å². The highest BCUT2D eigenvalue weighted by molar-refractivity contribution is 5.96. The first-order valence-corrected chi connectivity index (χ1v) is 6.76. The SMILES string of the molecule is CCOC(=O)C(C)(NC(=O)c1ccco1)c1cccc(F)c1. The van der Waals surface area contributed by atoms with Crippen LogP contribution >= 0.6 is 0 Å². The van der Waals surface area contributed by atoms with E-state index < -0.39 is 23.2 Å². The molecule has 0 saturated carbocycles. The number of esters is 1. The minimum atomic E-state index is -1.53. The fraction of sp³-hybridized carbons (Fsp3) is 0.250. The minimum Gasteiger partial charge on any atom is -0.464 e. The molecule has 0 aliphatic rings. The molecule has 1 amide bonds. The molecular formula is C16H16FNO4. The van der Waals surface area contributed by atoms with Gasteiger partial charge >= 0.3 is 5.97 Å². The largest absolute Gasteiger partial charge is 0.464 e. The first-order valence-electron chi connectivity index (χ1n) is 6.76. The van der Waals surface area contributed by atoms with E-state index in [0.29, 0.717) is 0 Å². The summed E-state index contributed by atoms with van der Waals surface area (Å²) in [6, 6.07) is 8.46. The van der Waals surface area contributed by atoms with Crippen LogP contribution in [0.3, 0.4) is 0 Å². The van der Waals surface area contributed by atoms with Gasteiger partial charge in [-0.05, 0) is 43.7 Å². The molecule has 0 saturated heterocycles. The van der Waals surface area contributed by atoms with Crippen molar-refractivity contribution < 1.29 is 23.1 Å². The standard InChI is InChI=1S/C16H16FNO4/c1-3-21-15(20)16(2,11-6-4-7-12(17)10-11)18-14(19)13-8-5-9-22-13/h4-10H,3H2,1-2H3,(H,18,19). The average molecular weight is 305 g/mol. The van der Waals surface area contributed by atoms with Gasteiger partial charge in [0.1, 0.15) is 5.82 Å². The van der Waals surface area contributed by atoms with Gasteiger partial charge in [0.2, 0.25) is 0 Å². The van der Waals surface area contributed by atoms with Crippen LogP contribution in [0.15, 0.2) is 47.1 Å². The minimum absolute atomic E-state index is 0.0481. The maximum absolute atomic E-state index is 13.5. The highest BCUT2D eigenvalue weighted by Crippen LogP contribution is 2.24. The first kappa shape index (κ1) is 15.8. The summed E-state index contributed by atoms with van der Waals surface area (Å²) < 4.78 is 23.5. The number of rotatable bonds is 5. The van der Waals surface area contributed by atoms with E-state index in [1.165, 1.54) is 37.5 Å². The molecule has 2 aromatic rings. The molecule has 0 radical (unpaired) electrons. The summed E-state index contributed by atoms with van der Waals surface area (Å²) in [5.41, 5.74) is -1.24.